The fraction of sp³-hybridized carbons (Fsp3) is 0.823. The van der Waals surface area contributed by atoms with Gasteiger partial charge in [-0.05, 0) is 57.8 Å². The number of allylic oxidation sites excluding steroid dienone is 8. The Morgan fingerprint density at radius 3 is 0.868 bits per heavy atom. The van der Waals surface area contributed by atoms with Gasteiger partial charge in [0, 0.05) is 19.3 Å². The molecule has 0 unspecified atom stereocenters. The van der Waals surface area contributed by atoms with Crippen molar-refractivity contribution in [1.82, 2.24) is 0 Å². The molecule has 0 N–H and O–H groups in total. The molecule has 1 atom stereocenters. The van der Waals surface area contributed by atoms with Gasteiger partial charge in [0.05, 0.1) is 0 Å². The monoisotopic (exact) mass is 953 g/mol. The summed E-state index contributed by atoms with van der Waals surface area (Å²) in [6.45, 7) is 6.60. The zero-order chi connectivity index (χ0) is 49.3. The molecule has 0 radical (unpaired) electrons. The van der Waals surface area contributed by atoms with E-state index in [0.717, 1.165) is 64.2 Å². The number of unbranched alkanes of at least 4 members (excludes halogenated alkanes) is 35. The number of carbonyl (C=O) groups is 3. The normalized spacial score (nSPS) is 12.3. The summed E-state index contributed by atoms with van der Waals surface area (Å²) in [4.78, 5) is 38.1. The van der Waals surface area contributed by atoms with Crippen LogP contribution in [0.5, 0.6) is 0 Å². The van der Waals surface area contributed by atoms with E-state index in [4.69, 9.17) is 14.2 Å². The molecule has 6 nitrogen and oxygen atoms in total. The number of esters is 3. The largest absolute Gasteiger partial charge is 0.462 e. The van der Waals surface area contributed by atoms with E-state index >= 15 is 0 Å². The summed E-state index contributed by atoms with van der Waals surface area (Å²) in [7, 11) is 0. The number of hydrogen-bond donors (Lipinski definition) is 0. The van der Waals surface area contributed by atoms with Crippen LogP contribution in [0.4, 0.5) is 0 Å². The van der Waals surface area contributed by atoms with Gasteiger partial charge in [0.1, 0.15) is 13.2 Å². The third-order valence-corrected chi connectivity index (χ3v) is 13.1. The lowest BCUT2D eigenvalue weighted by Crippen LogP contribution is -2.30. The Morgan fingerprint density at radius 1 is 0.294 bits per heavy atom. The maximum absolute atomic E-state index is 12.8. The lowest BCUT2D eigenvalue weighted by atomic mass is 10.0. The third-order valence-electron chi connectivity index (χ3n) is 13.1. The molecule has 0 aliphatic rings. The van der Waals surface area contributed by atoms with Crippen molar-refractivity contribution in [1.29, 1.82) is 0 Å². The smallest absolute Gasteiger partial charge is 0.306 e. The summed E-state index contributed by atoms with van der Waals surface area (Å²) in [5.41, 5.74) is 0. The lowest BCUT2D eigenvalue weighted by molar-refractivity contribution is -0.167. The van der Waals surface area contributed by atoms with E-state index in [1.807, 2.05) is 0 Å². The summed E-state index contributed by atoms with van der Waals surface area (Å²) < 4.78 is 16.8. The van der Waals surface area contributed by atoms with Crippen LogP contribution in [0.3, 0.4) is 0 Å². The van der Waals surface area contributed by atoms with Gasteiger partial charge in [0.25, 0.3) is 0 Å². The molecule has 0 spiro atoms. The first-order chi connectivity index (χ1) is 33.5. The molecular formula is C62H112O6. The van der Waals surface area contributed by atoms with Crippen molar-refractivity contribution in [3.63, 3.8) is 0 Å². The molecule has 68 heavy (non-hydrogen) atoms. The van der Waals surface area contributed by atoms with E-state index in [-0.39, 0.29) is 37.5 Å². The molecule has 0 fully saturated rings. The van der Waals surface area contributed by atoms with Crippen molar-refractivity contribution in [2.24, 2.45) is 0 Å². The van der Waals surface area contributed by atoms with Crippen molar-refractivity contribution < 1.29 is 28.6 Å². The zero-order valence-electron chi connectivity index (χ0n) is 45.4. The van der Waals surface area contributed by atoms with Crippen molar-refractivity contribution in [2.45, 2.75) is 316 Å². The molecule has 0 aromatic heterocycles. The first kappa shape index (κ1) is 65.4. The summed E-state index contributed by atoms with van der Waals surface area (Å²) in [6, 6.07) is 0. The fourth-order valence-corrected chi connectivity index (χ4v) is 8.61. The minimum absolute atomic E-state index is 0.0904. The van der Waals surface area contributed by atoms with Crippen molar-refractivity contribution >= 4 is 17.9 Å². The Morgan fingerprint density at radius 2 is 0.544 bits per heavy atom. The van der Waals surface area contributed by atoms with E-state index in [1.54, 1.807) is 0 Å². The molecule has 0 aromatic carbocycles. The second-order valence-corrected chi connectivity index (χ2v) is 19.9. The molecule has 0 amide bonds. The van der Waals surface area contributed by atoms with Crippen LogP contribution in [0.1, 0.15) is 310 Å². The number of ether oxygens (including phenoxy) is 3. The summed E-state index contributed by atoms with van der Waals surface area (Å²) in [5.74, 6) is -0.930. The van der Waals surface area contributed by atoms with Gasteiger partial charge in [-0.25, -0.2) is 0 Å². The highest BCUT2D eigenvalue weighted by atomic mass is 16.6. The summed E-state index contributed by atoms with van der Waals surface area (Å²) >= 11 is 0. The summed E-state index contributed by atoms with van der Waals surface area (Å²) in [5, 5.41) is 0. The molecule has 0 aromatic rings. The molecule has 0 saturated carbocycles. The topological polar surface area (TPSA) is 78.9 Å². The first-order valence-corrected chi connectivity index (χ1v) is 29.6. The SMILES string of the molecule is CCCCC/C=C\C/C=C\C/C=C\C/C=C\CCCC(=O)O[C@@H](COC(=O)CCCCCCCCCCCCCC)COC(=O)CCCCCCCCCCCCCCCCCCCCCCC. The van der Waals surface area contributed by atoms with Crippen LogP contribution in [0.25, 0.3) is 0 Å². The van der Waals surface area contributed by atoms with Gasteiger partial charge < -0.3 is 14.2 Å². The van der Waals surface area contributed by atoms with Crippen molar-refractivity contribution in [2.75, 3.05) is 13.2 Å². The molecule has 0 rings (SSSR count). The van der Waals surface area contributed by atoms with Crippen LogP contribution in [0.15, 0.2) is 48.6 Å². The van der Waals surface area contributed by atoms with Crippen LogP contribution in [-0.4, -0.2) is 37.2 Å². The average Bonchev–Trinajstić information content (AvgIpc) is 3.34. The standard InChI is InChI=1S/C62H112O6/c1-4-7-10-13-16-19-22-25-27-29-30-31-32-34-35-37-40-43-46-49-52-55-61(64)67-58-59(57-66-60(63)54-51-48-45-42-39-24-21-18-15-12-9-6-3)68-62(65)56-53-50-47-44-41-38-36-33-28-26-23-20-17-14-11-8-5-2/h17,20,26,28,36,38,44,47,59H,4-16,18-19,21-25,27,29-35,37,39-43,45-46,48-58H2,1-3H3/b20-17-,28-26-,38-36-,47-44-/t59-/m0/s1. The molecule has 0 heterocycles. The Hall–Kier alpha value is -2.63. The van der Waals surface area contributed by atoms with E-state index in [9.17, 15) is 14.4 Å². The van der Waals surface area contributed by atoms with Crippen LogP contribution in [-0.2, 0) is 28.6 Å². The number of rotatable bonds is 54. The van der Waals surface area contributed by atoms with Crippen LogP contribution in [0.2, 0.25) is 0 Å². The van der Waals surface area contributed by atoms with Gasteiger partial charge in [-0.2, -0.15) is 0 Å². The maximum atomic E-state index is 12.8. The van der Waals surface area contributed by atoms with Gasteiger partial charge in [-0.1, -0.05) is 281 Å². The first-order valence-electron chi connectivity index (χ1n) is 29.6. The highest BCUT2D eigenvalue weighted by Crippen LogP contribution is 2.17. The predicted molar refractivity (Wildman–Crippen MR) is 293 cm³/mol. The summed E-state index contributed by atoms with van der Waals surface area (Å²) in [6.07, 6.45) is 69.7. The van der Waals surface area contributed by atoms with Gasteiger partial charge >= 0.3 is 17.9 Å². The molecule has 0 saturated heterocycles. The molecular weight excluding hydrogens is 841 g/mol. The number of carbonyl (C=O) groups excluding carboxylic acids is 3. The van der Waals surface area contributed by atoms with Crippen LogP contribution in [0, 0.1) is 0 Å². The Bertz CT molecular complexity index is 1190. The highest BCUT2D eigenvalue weighted by Gasteiger charge is 2.19. The quantitative estimate of drug-likeness (QED) is 0.0262. The molecule has 0 aliphatic heterocycles. The molecule has 0 bridgehead atoms. The maximum Gasteiger partial charge on any atom is 0.306 e. The van der Waals surface area contributed by atoms with Gasteiger partial charge in [-0.3, -0.25) is 14.4 Å². The zero-order valence-corrected chi connectivity index (χ0v) is 45.4. The minimum Gasteiger partial charge on any atom is -0.462 e. The van der Waals surface area contributed by atoms with E-state index in [1.165, 1.54) is 199 Å². The van der Waals surface area contributed by atoms with E-state index in [0.29, 0.717) is 19.3 Å². The Kier molecular flexibility index (Phi) is 54.8. The molecule has 6 heteroatoms. The Labute approximate surface area is 422 Å². The van der Waals surface area contributed by atoms with Crippen molar-refractivity contribution in [3.05, 3.63) is 48.6 Å². The van der Waals surface area contributed by atoms with Crippen LogP contribution >= 0.6 is 0 Å². The second kappa shape index (κ2) is 57.0. The Balaban J connectivity index is 4.35. The fourth-order valence-electron chi connectivity index (χ4n) is 8.61. The van der Waals surface area contributed by atoms with Gasteiger partial charge in [0.2, 0.25) is 0 Å². The average molecular weight is 954 g/mol. The van der Waals surface area contributed by atoms with E-state index in [2.05, 4.69) is 69.4 Å². The van der Waals surface area contributed by atoms with Gasteiger partial charge in [-0.15, -0.1) is 0 Å². The predicted octanol–water partition coefficient (Wildman–Crippen LogP) is 19.8. The molecule has 0 aliphatic carbocycles. The minimum atomic E-state index is -0.798. The van der Waals surface area contributed by atoms with Crippen LogP contribution < -0.4 is 0 Å². The second-order valence-electron chi connectivity index (χ2n) is 19.9. The number of hydrogen-bond acceptors (Lipinski definition) is 6. The van der Waals surface area contributed by atoms with Crippen molar-refractivity contribution in [3.8, 4) is 0 Å². The lowest BCUT2D eigenvalue weighted by Gasteiger charge is -2.18. The van der Waals surface area contributed by atoms with Gasteiger partial charge in [0.15, 0.2) is 6.10 Å². The third kappa shape index (κ3) is 54.3. The molecule has 396 valence electrons. The van der Waals surface area contributed by atoms with E-state index < -0.39 is 6.10 Å². The highest BCUT2D eigenvalue weighted by molar-refractivity contribution is 5.71.